The van der Waals surface area contributed by atoms with Crippen LogP contribution in [0, 0.1) is 0 Å². The Morgan fingerprint density at radius 1 is 1.35 bits per heavy atom. The lowest BCUT2D eigenvalue weighted by Gasteiger charge is -2.32. The van der Waals surface area contributed by atoms with Gasteiger partial charge in [0.15, 0.2) is 5.82 Å². The van der Waals surface area contributed by atoms with Gasteiger partial charge in [0.25, 0.3) is 0 Å². The number of aromatic nitrogens is 3. The van der Waals surface area contributed by atoms with Crippen molar-refractivity contribution in [3.63, 3.8) is 0 Å². The Kier molecular flexibility index (Phi) is 3.54. The maximum atomic E-state index is 12.4. The Labute approximate surface area is 117 Å². The predicted octanol–water partition coefficient (Wildman–Crippen LogP) is 1.84. The second-order valence-corrected chi connectivity index (χ2v) is 5.20. The van der Waals surface area contributed by atoms with Gasteiger partial charge in [-0.1, -0.05) is 5.16 Å². The standard InChI is InChI=1S/C14H18N4O2/c1-11(17-6-2-3-7-17)14(19)18-8-4-12(5-9-18)13-15-10-20-16-13/h2-3,6-7,10-12H,4-5,8-9H2,1H3/t11-/m1/s1. The maximum Gasteiger partial charge on any atom is 0.245 e. The van der Waals surface area contributed by atoms with Crippen molar-refractivity contribution in [3.05, 3.63) is 36.7 Å². The number of nitrogens with zero attached hydrogens (tertiary/aromatic N) is 4. The summed E-state index contributed by atoms with van der Waals surface area (Å²) >= 11 is 0. The molecular weight excluding hydrogens is 256 g/mol. The van der Waals surface area contributed by atoms with Gasteiger partial charge in [-0.25, -0.2) is 0 Å². The number of carbonyl (C=O) groups excluding carboxylic acids is 1. The van der Waals surface area contributed by atoms with Gasteiger partial charge in [0.1, 0.15) is 6.04 Å². The van der Waals surface area contributed by atoms with Crippen molar-refractivity contribution < 1.29 is 9.32 Å². The van der Waals surface area contributed by atoms with E-state index in [0.29, 0.717) is 5.92 Å². The van der Waals surface area contributed by atoms with Crippen molar-refractivity contribution in [2.75, 3.05) is 13.1 Å². The van der Waals surface area contributed by atoms with Gasteiger partial charge in [-0.05, 0) is 31.9 Å². The SMILES string of the molecule is C[C@H](C(=O)N1CCC(c2ncon2)CC1)n1cccc1. The minimum atomic E-state index is -0.147. The third-order valence-electron chi connectivity index (χ3n) is 3.98. The molecule has 0 unspecified atom stereocenters. The number of hydrogen-bond acceptors (Lipinski definition) is 4. The molecule has 0 saturated carbocycles. The Morgan fingerprint density at radius 3 is 2.65 bits per heavy atom. The summed E-state index contributed by atoms with van der Waals surface area (Å²) in [5.41, 5.74) is 0. The van der Waals surface area contributed by atoms with Crippen LogP contribution in [0.5, 0.6) is 0 Å². The van der Waals surface area contributed by atoms with E-state index in [-0.39, 0.29) is 11.9 Å². The number of amides is 1. The average Bonchev–Trinajstić information content (AvgIpc) is 3.18. The molecule has 0 radical (unpaired) electrons. The smallest absolute Gasteiger partial charge is 0.245 e. The predicted molar refractivity (Wildman–Crippen MR) is 72.0 cm³/mol. The van der Waals surface area contributed by atoms with Crippen LogP contribution in [0.15, 0.2) is 35.4 Å². The van der Waals surface area contributed by atoms with E-state index in [2.05, 4.69) is 10.1 Å². The van der Waals surface area contributed by atoms with Crippen molar-refractivity contribution >= 4 is 5.91 Å². The van der Waals surface area contributed by atoms with Gasteiger partial charge in [-0.15, -0.1) is 0 Å². The summed E-state index contributed by atoms with van der Waals surface area (Å²) in [6.45, 7) is 3.45. The second-order valence-electron chi connectivity index (χ2n) is 5.20. The van der Waals surface area contributed by atoms with Gasteiger partial charge in [0.05, 0.1) is 0 Å². The van der Waals surface area contributed by atoms with Crippen molar-refractivity contribution in [3.8, 4) is 0 Å². The molecule has 0 aromatic carbocycles. The van der Waals surface area contributed by atoms with Gasteiger partial charge in [0.2, 0.25) is 12.3 Å². The van der Waals surface area contributed by atoms with Gasteiger partial charge in [-0.2, -0.15) is 4.98 Å². The molecule has 6 heteroatoms. The van der Waals surface area contributed by atoms with E-state index in [4.69, 9.17) is 4.52 Å². The van der Waals surface area contributed by atoms with Crippen LogP contribution in [0.1, 0.15) is 37.5 Å². The molecule has 1 aliphatic rings. The molecular formula is C14H18N4O2. The molecule has 1 atom stereocenters. The van der Waals surface area contributed by atoms with Crippen LogP contribution in [0.2, 0.25) is 0 Å². The molecule has 106 valence electrons. The van der Waals surface area contributed by atoms with E-state index in [9.17, 15) is 4.79 Å². The first-order valence-electron chi connectivity index (χ1n) is 6.93. The summed E-state index contributed by atoms with van der Waals surface area (Å²) in [5.74, 6) is 1.24. The highest BCUT2D eigenvalue weighted by Crippen LogP contribution is 2.26. The molecule has 0 aliphatic carbocycles. The van der Waals surface area contributed by atoms with Crippen LogP contribution in [0.4, 0.5) is 0 Å². The molecule has 6 nitrogen and oxygen atoms in total. The first-order valence-corrected chi connectivity index (χ1v) is 6.93. The topological polar surface area (TPSA) is 64.2 Å². The number of piperidine rings is 1. The van der Waals surface area contributed by atoms with Gasteiger partial charge >= 0.3 is 0 Å². The second kappa shape index (κ2) is 5.48. The zero-order valence-electron chi connectivity index (χ0n) is 11.5. The monoisotopic (exact) mass is 274 g/mol. The summed E-state index contributed by atoms with van der Waals surface area (Å²) in [6.07, 6.45) is 7.00. The van der Waals surface area contributed by atoms with Gasteiger partial charge in [-0.3, -0.25) is 4.79 Å². The van der Waals surface area contributed by atoms with Crippen LogP contribution in [0.3, 0.4) is 0 Å². The van der Waals surface area contributed by atoms with E-state index >= 15 is 0 Å². The fourth-order valence-corrected chi connectivity index (χ4v) is 2.71. The summed E-state index contributed by atoms with van der Waals surface area (Å²) in [6, 6.07) is 3.73. The van der Waals surface area contributed by atoms with Crippen LogP contribution in [0.25, 0.3) is 0 Å². The minimum absolute atomic E-state index is 0.147. The number of rotatable bonds is 3. The quantitative estimate of drug-likeness (QED) is 0.856. The molecule has 3 rings (SSSR count). The van der Waals surface area contributed by atoms with Crippen molar-refractivity contribution in [2.45, 2.75) is 31.7 Å². The lowest BCUT2D eigenvalue weighted by atomic mass is 9.96. The summed E-state index contributed by atoms with van der Waals surface area (Å²) in [4.78, 5) is 18.5. The molecule has 0 spiro atoms. The zero-order valence-corrected chi connectivity index (χ0v) is 11.5. The molecule has 2 aromatic rings. The third kappa shape index (κ3) is 2.45. The fourth-order valence-electron chi connectivity index (χ4n) is 2.71. The Bertz CT molecular complexity index is 542. The summed E-state index contributed by atoms with van der Waals surface area (Å²) in [5, 5.41) is 3.89. The van der Waals surface area contributed by atoms with Crippen molar-refractivity contribution in [1.29, 1.82) is 0 Å². The van der Waals surface area contributed by atoms with E-state index in [1.807, 2.05) is 40.9 Å². The van der Waals surface area contributed by atoms with E-state index in [1.54, 1.807) is 0 Å². The number of carbonyl (C=O) groups is 1. The molecule has 20 heavy (non-hydrogen) atoms. The van der Waals surface area contributed by atoms with Crippen LogP contribution in [-0.4, -0.2) is 38.6 Å². The highest BCUT2D eigenvalue weighted by Gasteiger charge is 2.28. The first kappa shape index (κ1) is 12.9. The average molecular weight is 274 g/mol. The molecule has 0 N–H and O–H groups in total. The highest BCUT2D eigenvalue weighted by atomic mass is 16.5. The van der Waals surface area contributed by atoms with Crippen molar-refractivity contribution in [2.24, 2.45) is 0 Å². The lowest BCUT2D eigenvalue weighted by molar-refractivity contribution is -0.135. The Morgan fingerprint density at radius 2 is 2.05 bits per heavy atom. The van der Waals surface area contributed by atoms with Gasteiger partial charge in [0, 0.05) is 31.4 Å². The number of hydrogen-bond donors (Lipinski definition) is 0. The van der Waals surface area contributed by atoms with E-state index in [1.165, 1.54) is 6.39 Å². The van der Waals surface area contributed by atoms with E-state index in [0.717, 1.165) is 31.8 Å². The maximum absolute atomic E-state index is 12.4. The van der Waals surface area contributed by atoms with Crippen LogP contribution in [-0.2, 0) is 4.79 Å². The molecule has 2 aromatic heterocycles. The van der Waals surface area contributed by atoms with Crippen LogP contribution >= 0.6 is 0 Å². The fraction of sp³-hybridized carbons (Fsp3) is 0.500. The zero-order chi connectivity index (χ0) is 13.9. The summed E-state index contributed by atoms with van der Waals surface area (Å²) in [7, 11) is 0. The minimum Gasteiger partial charge on any atom is -0.343 e. The summed E-state index contributed by atoms with van der Waals surface area (Å²) < 4.78 is 6.72. The third-order valence-corrected chi connectivity index (χ3v) is 3.98. The largest absolute Gasteiger partial charge is 0.343 e. The van der Waals surface area contributed by atoms with Gasteiger partial charge < -0.3 is 14.0 Å². The molecule has 3 heterocycles. The Balaban J connectivity index is 1.59. The molecule has 0 bridgehead atoms. The first-order chi connectivity index (χ1) is 9.75. The molecule has 1 fully saturated rings. The molecule has 1 aliphatic heterocycles. The molecule has 1 amide bonds. The normalized spacial score (nSPS) is 18.1. The molecule has 1 saturated heterocycles. The highest BCUT2D eigenvalue weighted by molar-refractivity contribution is 5.80. The Hall–Kier alpha value is -2.11. The van der Waals surface area contributed by atoms with Crippen LogP contribution < -0.4 is 0 Å². The van der Waals surface area contributed by atoms with E-state index < -0.39 is 0 Å². The van der Waals surface area contributed by atoms with Crippen molar-refractivity contribution in [1.82, 2.24) is 19.6 Å². The number of likely N-dealkylation sites (tertiary alicyclic amines) is 1. The lowest BCUT2D eigenvalue weighted by Crippen LogP contribution is -2.41.